The van der Waals surface area contributed by atoms with Crippen molar-refractivity contribution in [3.8, 4) is 0 Å². The van der Waals surface area contributed by atoms with Gasteiger partial charge >= 0.3 is 0 Å². The maximum Gasteiger partial charge on any atom is 0.300 e. The number of benzene rings is 1. The van der Waals surface area contributed by atoms with Crippen molar-refractivity contribution in [3.63, 3.8) is 0 Å². The molecule has 1 amide bonds. The Labute approximate surface area is 144 Å². The van der Waals surface area contributed by atoms with E-state index >= 15 is 0 Å². The molecule has 0 bridgehead atoms. The van der Waals surface area contributed by atoms with Gasteiger partial charge < -0.3 is 4.57 Å². The van der Waals surface area contributed by atoms with Gasteiger partial charge in [0.2, 0.25) is 0 Å². The monoisotopic (exact) mass is 340 g/mol. The summed E-state index contributed by atoms with van der Waals surface area (Å²) in [6.07, 6.45) is 3.64. The van der Waals surface area contributed by atoms with E-state index in [1.807, 2.05) is 23.8 Å². The third-order valence-corrected chi connectivity index (χ3v) is 5.07. The van der Waals surface area contributed by atoms with Crippen LogP contribution in [0.25, 0.3) is 10.2 Å². The smallest absolute Gasteiger partial charge is 0.300 e. The molecule has 0 radical (unpaired) electrons. The molecule has 0 aliphatic carbocycles. The minimum absolute atomic E-state index is 0.313. The summed E-state index contributed by atoms with van der Waals surface area (Å²) in [4.78, 5) is 17.6. The lowest BCUT2D eigenvalue weighted by molar-refractivity contribution is 0.0992. The number of hydrogen-bond donors (Lipinski definition) is 0. The molecule has 0 N–H and O–H groups in total. The summed E-state index contributed by atoms with van der Waals surface area (Å²) in [7, 11) is 1.80. The van der Waals surface area contributed by atoms with Crippen LogP contribution < -0.4 is 4.80 Å². The molecule has 0 aliphatic rings. The summed E-state index contributed by atoms with van der Waals surface area (Å²) in [6.45, 7) is 10.5. The molecule has 6 heteroatoms. The van der Waals surface area contributed by atoms with Gasteiger partial charge in [0.15, 0.2) is 10.5 Å². The molecule has 24 heavy (non-hydrogen) atoms. The number of thiazole rings is 1. The third kappa shape index (κ3) is 2.85. The number of fused-ring (bicyclic) bond motifs is 1. The van der Waals surface area contributed by atoms with Crippen molar-refractivity contribution in [2.24, 2.45) is 12.0 Å². The van der Waals surface area contributed by atoms with Crippen molar-refractivity contribution < 1.29 is 4.79 Å². The highest BCUT2D eigenvalue weighted by Crippen LogP contribution is 2.23. The van der Waals surface area contributed by atoms with Gasteiger partial charge in [-0.05, 0) is 38.0 Å². The summed E-state index contributed by atoms with van der Waals surface area (Å²) >= 11 is 1.53. The number of hydrogen-bond acceptors (Lipinski definition) is 3. The predicted octanol–water partition coefficient (Wildman–Crippen LogP) is 3.29. The molecule has 3 aromatic rings. The van der Waals surface area contributed by atoms with E-state index in [1.54, 1.807) is 11.7 Å². The van der Waals surface area contributed by atoms with E-state index in [1.165, 1.54) is 22.5 Å². The average Bonchev–Trinajstić information content (AvgIpc) is 3.01. The fraction of sp³-hybridized carbons (Fsp3) is 0.278. The van der Waals surface area contributed by atoms with E-state index in [9.17, 15) is 4.79 Å². The van der Waals surface area contributed by atoms with Crippen LogP contribution in [0.3, 0.4) is 0 Å². The SMILES string of the molecule is C=CCn1c(=NC(=O)c2nn(C)cc2C)sc2c(C)cc(C)cc21. The van der Waals surface area contributed by atoms with Crippen molar-refractivity contribution in [2.75, 3.05) is 0 Å². The zero-order valence-corrected chi connectivity index (χ0v) is 15.1. The Morgan fingerprint density at radius 3 is 2.71 bits per heavy atom. The molecule has 5 nitrogen and oxygen atoms in total. The number of amides is 1. The van der Waals surface area contributed by atoms with Gasteiger partial charge in [-0.2, -0.15) is 10.1 Å². The second-order valence-electron chi connectivity index (χ2n) is 5.97. The van der Waals surface area contributed by atoms with Gasteiger partial charge in [0.25, 0.3) is 5.91 Å². The minimum Gasteiger partial charge on any atom is -0.312 e. The maximum absolute atomic E-state index is 12.6. The Hall–Kier alpha value is -2.47. The number of rotatable bonds is 3. The van der Waals surface area contributed by atoms with Crippen LogP contribution in [-0.4, -0.2) is 20.3 Å². The minimum atomic E-state index is -0.313. The third-order valence-electron chi connectivity index (χ3n) is 3.84. The number of allylic oxidation sites excluding steroid dienone is 1. The van der Waals surface area contributed by atoms with Gasteiger partial charge in [-0.25, -0.2) is 0 Å². The van der Waals surface area contributed by atoms with E-state index in [0.29, 0.717) is 17.0 Å². The first-order valence-corrected chi connectivity index (χ1v) is 8.53. The normalized spacial score (nSPS) is 12.1. The first kappa shape index (κ1) is 16.4. The zero-order chi connectivity index (χ0) is 17.4. The van der Waals surface area contributed by atoms with Crippen molar-refractivity contribution >= 4 is 27.5 Å². The Morgan fingerprint density at radius 1 is 1.33 bits per heavy atom. The molecule has 0 spiro atoms. The lowest BCUT2D eigenvalue weighted by Crippen LogP contribution is -2.16. The van der Waals surface area contributed by atoms with E-state index in [0.717, 1.165) is 15.8 Å². The Morgan fingerprint density at radius 2 is 2.08 bits per heavy atom. The van der Waals surface area contributed by atoms with Crippen molar-refractivity contribution in [1.82, 2.24) is 14.3 Å². The summed E-state index contributed by atoms with van der Waals surface area (Å²) in [5.41, 5.74) is 4.69. The molecule has 0 aliphatic heterocycles. The van der Waals surface area contributed by atoms with Gasteiger partial charge in [-0.1, -0.05) is 23.5 Å². The van der Waals surface area contributed by atoms with Crippen molar-refractivity contribution in [2.45, 2.75) is 27.3 Å². The number of aryl methyl sites for hydroxylation is 4. The fourth-order valence-corrected chi connectivity index (χ4v) is 3.95. The highest BCUT2D eigenvalue weighted by Gasteiger charge is 2.14. The highest BCUT2D eigenvalue weighted by molar-refractivity contribution is 7.16. The summed E-state index contributed by atoms with van der Waals surface area (Å²) < 4.78 is 4.81. The molecule has 0 saturated carbocycles. The van der Waals surface area contributed by atoms with E-state index < -0.39 is 0 Å². The zero-order valence-electron chi connectivity index (χ0n) is 14.3. The quantitative estimate of drug-likeness (QED) is 0.687. The van der Waals surface area contributed by atoms with Crippen LogP contribution in [0.5, 0.6) is 0 Å². The first-order valence-electron chi connectivity index (χ1n) is 7.71. The molecule has 0 unspecified atom stereocenters. The van der Waals surface area contributed by atoms with Crippen LogP contribution in [0.1, 0.15) is 27.2 Å². The molecule has 0 atom stereocenters. The van der Waals surface area contributed by atoms with Crippen molar-refractivity contribution in [1.29, 1.82) is 0 Å². The number of carbonyl (C=O) groups excluding carboxylic acids is 1. The molecule has 0 fully saturated rings. The topological polar surface area (TPSA) is 52.2 Å². The lowest BCUT2D eigenvalue weighted by atomic mass is 10.1. The van der Waals surface area contributed by atoms with Gasteiger partial charge in [0.1, 0.15) is 0 Å². The summed E-state index contributed by atoms with van der Waals surface area (Å²) in [5.74, 6) is -0.313. The molecular formula is C18H20N4OS. The van der Waals surface area contributed by atoms with Gasteiger partial charge in [-0.15, -0.1) is 6.58 Å². The Balaban J connectivity index is 2.23. The second kappa shape index (κ2) is 6.20. The highest BCUT2D eigenvalue weighted by atomic mass is 32.1. The predicted molar refractivity (Wildman–Crippen MR) is 97.3 cm³/mol. The lowest BCUT2D eigenvalue weighted by Gasteiger charge is -2.03. The van der Waals surface area contributed by atoms with Crippen LogP contribution >= 0.6 is 11.3 Å². The first-order chi connectivity index (χ1) is 11.4. The van der Waals surface area contributed by atoms with Crippen LogP contribution in [-0.2, 0) is 13.6 Å². The van der Waals surface area contributed by atoms with Crippen LogP contribution in [0, 0.1) is 20.8 Å². The molecule has 0 saturated heterocycles. The van der Waals surface area contributed by atoms with Gasteiger partial charge in [-0.3, -0.25) is 9.48 Å². The molecular weight excluding hydrogens is 320 g/mol. The molecule has 3 rings (SSSR count). The van der Waals surface area contributed by atoms with Gasteiger partial charge in [0.05, 0.1) is 10.2 Å². The molecule has 1 aromatic carbocycles. The molecule has 2 heterocycles. The Kier molecular flexibility index (Phi) is 4.24. The summed E-state index contributed by atoms with van der Waals surface area (Å²) in [5, 5.41) is 4.22. The fourth-order valence-electron chi connectivity index (χ4n) is 2.86. The average molecular weight is 340 g/mol. The van der Waals surface area contributed by atoms with Crippen LogP contribution in [0.4, 0.5) is 0 Å². The second-order valence-corrected chi connectivity index (χ2v) is 6.94. The van der Waals surface area contributed by atoms with Gasteiger partial charge in [0, 0.05) is 25.4 Å². The standard InChI is InChI=1S/C18H20N4OS/c1-6-7-22-14-9-11(2)8-12(3)16(14)24-18(22)19-17(23)15-13(4)10-21(5)20-15/h6,8-10H,1,7H2,2-5H3. The largest absolute Gasteiger partial charge is 0.312 e. The number of nitrogens with zero attached hydrogens (tertiary/aromatic N) is 4. The number of carbonyl (C=O) groups is 1. The summed E-state index contributed by atoms with van der Waals surface area (Å²) in [6, 6.07) is 4.27. The number of aromatic nitrogens is 3. The maximum atomic E-state index is 12.6. The Bertz CT molecular complexity index is 1020. The van der Waals surface area contributed by atoms with Crippen LogP contribution in [0.15, 0.2) is 36.0 Å². The molecule has 124 valence electrons. The van der Waals surface area contributed by atoms with E-state index in [2.05, 4.69) is 42.7 Å². The van der Waals surface area contributed by atoms with Crippen LogP contribution in [0.2, 0.25) is 0 Å². The van der Waals surface area contributed by atoms with E-state index in [4.69, 9.17) is 0 Å². The van der Waals surface area contributed by atoms with E-state index in [-0.39, 0.29) is 5.91 Å². The van der Waals surface area contributed by atoms with Crippen molar-refractivity contribution in [3.05, 3.63) is 58.2 Å². The molecule has 2 aromatic heterocycles.